The summed E-state index contributed by atoms with van der Waals surface area (Å²) in [5, 5.41) is -0.846. The molecule has 0 N–H and O–H groups in total. The van der Waals surface area contributed by atoms with Crippen LogP contribution in [0.5, 0.6) is 0 Å². The third kappa shape index (κ3) is 4.93. The Hall–Kier alpha value is -1.13. The number of sulfonamides is 1. The van der Waals surface area contributed by atoms with Gasteiger partial charge in [-0.2, -0.15) is 13.2 Å². The number of hydrogen-bond donors (Lipinski definition) is 0. The van der Waals surface area contributed by atoms with Crippen LogP contribution < -0.4 is 0 Å². The molecule has 10 heteroatoms. The largest absolute Gasteiger partial charge is 0.390 e. The summed E-state index contributed by atoms with van der Waals surface area (Å²) in [6.07, 6.45) is -5.99. The van der Waals surface area contributed by atoms with Gasteiger partial charge in [-0.3, -0.25) is 0 Å². The number of benzene rings is 1. The third-order valence-corrected chi connectivity index (χ3v) is 7.91. The van der Waals surface area contributed by atoms with Gasteiger partial charge >= 0.3 is 6.18 Å². The van der Waals surface area contributed by atoms with Crippen molar-refractivity contribution in [3.63, 3.8) is 0 Å². The zero-order chi connectivity index (χ0) is 18.0. The summed E-state index contributed by atoms with van der Waals surface area (Å²) < 4.78 is 86.6. The Bertz CT molecular complexity index is 761. The van der Waals surface area contributed by atoms with Crippen LogP contribution in [0.4, 0.5) is 13.2 Å². The molecule has 1 saturated heterocycles. The lowest BCUT2D eigenvalue weighted by atomic mass is 10.1. The van der Waals surface area contributed by atoms with E-state index in [0.717, 1.165) is 4.31 Å². The molecule has 1 fully saturated rings. The van der Waals surface area contributed by atoms with Crippen molar-refractivity contribution >= 4 is 19.9 Å². The Balaban J connectivity index is 2.16. The summed E-state index contributed by atoms with van der Waals surface area (Å²) in [7, 11) is -7.72. The minimum Gasteiger partial charge on any atom is -0.228 e. The monoisotopic (exact) mass is 385 g/mol. The molecule has 1 aromatic rings. The Kier molecular flexibility index (Phi) is 5.61. The summed E-state index contributed by atoms with van der Waals surface area (Å²) in [5.41, 5.74) is 0.562. The fourth-order valence-electron chi connectivity index (χ4n) is 2.62. The molecular weight excluding hydrogens is 367 g/mol. The summed E-state index contributed by atoms with van der Waals surface area (Å²) in [6.45, 7) is -0.426. The molecule has 1 aliphatic heterocycles. The predicted octanol–water partition coefficient (Wildman–Crippen LogP) is 2.13. The van der Waals surface area contributed by atoms with E-state index >= 15 is 0 Å². The first-order valence-corrected chi connectivity index (χ1v) is 10.6. The van der Waals surface area contributed by atoms with Gasteiger partial charge in [-0.05, 0) is 12.0 Å². The van der Waals surface area contributed by atoms with Crippen molar-refractivity contribution < 1.29 is 30.0 Å². The lowest BCUT2D eigenvalue weighted by Gasteiger charge is -2.20. The Morgan fingerprint density at radius 1 is 1.12 bits per heavy atom. The van der Waals surface area contributed by atoms with E-state index in [9.17, 15) is 30.0 Å². The van der Waals surface area contributed by atoms with Gasteiger partial charge in [-0.25, -0.2) is 21.1 Å². The first kappa shape index (κ1) is 19.2. The van der Waals surface area contributed by atoms with Gasteiger partial charge in [0, 0.05) is 13.1 Å². The van der Waals surface area contributed by atoms with Crippen molar-refractivity contribution in [2.75, 3.05) is 24.6 Å². The van der Waals surface area contributed by atoms with E-state index in [0.29, 0.717) is 5.56 Å². The number of halogens is 3. The first-order chi connectivity index (χ1) is 11.0. The molecule has 5 nitrogen and oxygen atoms in total. The van der Waals surface area contributed by atoms with Gasteiger partial charge < -0.3 is 0 Å². The maximum Gasteiger partial charge on any atom is 0.390 e. The molecule has 0 spiro atoms. The van der Waals surface area contributed by atoms with Gasteiger partial charge in [0.2, 0.25) is 10.0 Å². The standard InChI is InChI=1S/C14H18F3NO4S2/c15-14(16,17)7-10-24(21,22)18-8-6-13(23(19,20)11-9-18)12-4-2-1-3-5-12/h1-5,13H,6-11H2. The molecule has 0 bridgehead atoms. The molecule has 0 amide bonds. The van der Waals surface area contributed by atoms with Crippen LogP contribution in [0.1, 0.15) is 23.7 Å². The second kappa shape index (κ2) is 7.01. The molecule has 2 rings (SSSR count). The average molecular weight is 385 g/mol. The molecule has 1 unspecified atom stereocenters. The molecule has 1 heterocycles. The highest BCUT2D eigenvalue weighted by Gasteiger charge is 2.37. The highest BCUT2D eigenvalue weighted by Crippen LogP contribution is 2.30. The predicted molar refractivity (Wildman–Crippen MR) is 83.6 cm³/mol. The van der Waals surface area contributed by atoms with Crippen molar-refractivity contribution in [3.8, 4) is 0 Å². The molecule has 0 aromatic heterocycles. The van der Waals surface area contributed by atoms with Crippen LogP contribution in [-0.2, 0) is 19.9 Å². The summed E-state index contributed by atoms with van der Waals surface area (Å²) in [4.78, 5) is 0. The second-order valence-corrected chi connectivity index (χ2v) is 10.0. The molecular formula is C14H18F3NO4S2. The summed E-state index contributed by atoms with van der Waals surface area (Å²) in [5.74, 6) is -1.47. The Morgan fingerprint density at radius 2 is 1.75 bits per heavy atom. The fourth-order valence-corrected chi connectivity index (χ4v) is 6.03. The van der Waals surface area contributed by atoms with Gasteiger partial charge in [-0.15, -0.1) is 0 Å². The third-order valence-electron chi connectivity index (χ3n) is 3.91. The van der Waals surface area contributed by atoms with Crippen molar-refractivity contribution in [3.05, 3.63) is 35.9 Å². The fraction of sp³-hybridized carbons (Fsp3) is 0.571. The lowest BCUT2D eigenvalue weighted by molar-refractivity contribution is -0.130. The van der Waals surface area contributed by atoms with Crippen molar-refractivity contribution in [2.45, 2.75) is 24.3 Å². The Morgan fingerprint density at radius 3 is 2.33 bits per heavy atom. The first-order valence-electron chi connectivity index (χ1n) is 7.32. The van der Waals surface area contributed by atoms with Crippen molar-refractivity contribution in [1.29, 1.82) is 0 Å². The minimum absolute atomic E-state index is 0.0254. The number of hydrogen-bond acceptors (Lipinski definition) is 4. The van der Waals surface area contributed by atoms with Crippen LogP contribution >= 0.6 is 0 Å². The van der Waals surface area contributed by atoms with Gasteiger partial charge in [0.1, 0.15) is 0 Å². The van der Waals surface area contributed by atoms with Crippen LogP contribution in [-0.4, -0.2) is 51.9 Å². The number of nitrogens with zero attached hydrogens (tertiary/aromatic N) is 1. The zero-order valence-electron chi connectivity index (χ0n) is 12.7. The van der Waals surface area contributed by atoms with E-state index in [4.69, 9.17) is 0 Å². The highest BCUT2D eigenvalue weighted by atomic mass is 32.2. The van der Waals surface area contributed by atoms with Gasteiger partial charge in [0.15, 0.2) is 9.84 Å². The number of alkyl halides is 3. The molecule has 1 aliphatic rings. The molecule has 0 saturated carbocycles. The van der Waals surface area contributed by atoms with Crippen LogP contribution in [0.15, 0.2) is 30.3 Å². The molecule has 1 aromatic carbocycles. The van der Waals surface area contributed by atoms with Gasteiger partial charge in [-0.1, -0.05) is 30.3 Å². The topological polar surface area (TPSA) is 71.5 Å². The van der Waals surface area contributed by atoms with Crippen LogP contribution in [0.25, 0.3) is 0 Å². The van der Waals surface area contributed by atoms with Crippen molar-refractivity contribution in [2.24, 2.45) is 0 Å². The number of sulfone groups is 1. The quantitative estimate of drug-likeness (QED) is 0.796. The molecule has 0 radical (unpaired) electrons. The molecule has 1 atom stereocenters. The Labute approximate surface area is 139 Å². The van der Waals surface area contributed by atoms with Gasteiger partial charge in [0.25, 0.3) is 0 Å². The minimum atomic E-state index is -4.57. The van der Waals surface area contributed by atoms with E-state index in [1.54, 1.807) is 30.3 Å². The zero-order valence-corrected chi connectivity index (χ0v) is 14.4. The molecule has 0 aliphatic carbocycles. The van der Waals surface area contributed by atoms with Crippen LogP contribution in [0.2, 0.25) is 0 Å². The maximum atomic E-state index is 12.4. The van der Waals surface area contributed by atoms with Gasteiger partial charge in [0.05, 0.1) is 23.2 Å². The highest BCUT2D eigenvalue weighted by molar-refractivity contribution is 7.92. The van der Waals surface area contributed by atoms with E-state index < -0.39 is 49.2 Å². The summed E-state index contributed by atoms with van der Waals surface area (Å²) in [6, 6.07) is 8.41. The molecule has 136 valence electrons. The van der Waals surface area contributed by atoms with Crippen LogP contribution in [0.3, 0.4) is 0 Å². The van der Waals surface area contributed by atoms with E-state index in [-0.39, 0.29) is 19.5 Å². The van der Waals surface area contributed by atoms with E-state index in [2.05, 4.69) is 0 Å². The lowest BCUT2D eigenvalue weighted by Crippen LogP contribution is -2.36. The van der Waals surface area contributed by atoms with E-state index in [1.165, 1.54) is 0 Å². The maximum absolute atomic E-state index is 12.4. The smallest absolute Gasteiger partial charge is 0.228 e. The van der Waals surface area contributed by atoms with E-state index in [1.807, 2.05) is 0 Å². The average Bonchev–Trinajstić information content (AvgIpc) is 2.64. The second-order valence-electron chi connectivity index (χ2n) is 5.64. The van der Waals surface area contributed by atoms with Crippen LogP contribution in [0, 0.1) is 0 Å². The van der Waals surface area contributed by atoms with Crippen molar-refractivity contribution in [1.82, 2.24) is 4.31 Å². The normalized spacial score (nSPS) is 22.9. The molecule has 24 heavy (non-hydrogen) atoms. The summed E-state index contributed by atoms with van der Waals surface area (Å²) >= 11 is 0. The SMILES string of the molecule is O=S1(=O)CCN(S(=O)(=O)CCC(F)(F)F)CCC1c1ccccc1. The number of rotatable bonds is 4.